The van der Waals surface area contributed by atoms with Crippen LogP contribution >= 0.6 is 24.0 Å². The fourth-order valence-corrected chi connectivity index (χ4v) is 3.98. The van der Waals surface area contributed by atoms with Crippen molar-refractivity contribution in [1.82, 2.24) is 15.5 Å². The summed E-state index contributed by atoms with van der Waals surface area (Å²) < 4.78 is 15.9. The van der Waals surface area contributed by atoms with E-state index in [0.717, 1.165) is 55.0 Å². The van der Waals surface area contributed by atoms with Crippen LogP contribution in [0.2, 0.25) is 0 Å². The summed E-state index contributed by atoms with van der Waals surface area (Å²) in [6.45, 7) is 4.84. The summed E-state index contributed by atoms with van der Waals surface area (Å²) in [5.74, 6) is 3.85. The maximum absolute atomic E-state index is 5.39. The van der Waals surface area contributed by atoms with Gasteiger partial charge in [-0.2, -0.15) is 0 Å². The minimum absolute atomic E-state index is 0. The maximum Gasteiger partial charge on any atom is 0.191 e. The molecule has 0 saturated carbocycles. The Morgan fingerprint density at radius 2 is 1.58 bits per heavy atom. The van der Waals surface area contributed by atoms with Gasteiger partial charge in [0, 0.05) is 26.7 Å². The molecule has 8 heteroatoms. The fraction of sp³-hybridized carbons (Fsp3) is 0.480. The number of likely N-dealkylation sites (tertiary alicyclic amines) is 1. The van der Waals surface area contributed by atoms with Crippen molar-refractivity contribution in [3.63, 3.8) is 0 Å². The first-order valence-electron chi connectivity index (χ1n) is 11.2. The Balaban J connectivity index is 0.00000385. The van der Waals surface area contributed by atoms with E-state index in [-0.39, 0.29) is 24.0 Å². The summed E-state index contributed by atoms with van der Waals surface area (Å²) >= 11 is 0. The number of hydrogen-bond donors (Lipinski definition) is 2. The zero-order chi connectivity index (χ0) is 22.8. The summed E-state index contributed by atoms with van der Waals surface area (Å²) in [7, 11) is 6.80. The molecule has 2 N–H and O–H groups in total. The summed E-state index contributed by atoms with van der Waals surface area (Å²) in [4.78, 5) is 6.90. The number of nitrogens with one attached hydrogen (secondary N) is 2. The van der Waals surface area contributed by atoms with Gasteiger partial charge in [-0.05, 0) is 67.2 Å². The highest BCUT2D eigenvalue weighted by Gasteiger charge is 2.19. The number of guanidine groups is 1. The first-order chi connectivity index (χ1) is 15.6. The van der Waals surface area contributed by atoms with Crippen LogP contribution in [-0.2, 0) is 13.1 Å². The monoisotopic (exact) mass is 568 g/mol. The van der Waals surface area contributed by atoms with Gasteiger partial charge in [0.15, 0.2) is 17.5 Å². The lowest BCUT2D eigenvalue weighted by molar-refractivity contribution is 0.178. The van der Waals surface area contributed by atoms with E-state index in [0.29, 0.717) is 12.5 Å². The van der Waals surface area contributed by atoms with E-state index in [4.69, 9.17) is 14.2 Å². The van der Waals surface area contributed by atoms with Crippen LogP contribution in [0, 0.1) is 5.92 Å². The Kier molecular flexibility index (Phi) is 11.6. The van der Waals surface area contributed by atoms with Crippen molar-refractivity contribution in [1.29, 1.82) is 0 Å². The number of benzene rings is 2. The highest BCUT2D eigenvalue weighted by atomic mass is 127. The molecule has 1 fully saturated rings. The summed E-state index contributed by atoms with van der Waals surface area (Å²) in [5, 5.41) is 6.87. The number of nitrogens with zero attached hydrogens (tertiary/aromatic N) is 2. The van der Waals surface area contributed by atoms with Gasteiger partial charge in [-0.3, -0.25) is 9.89 Å². The van der Waals surface area contributed by atoms with Crippen LogP contribution in [0.1, 0.15) is 24.0 Å². The van der Waals surface area contributed by atoms with E-state index in [2.05, 4.69) is 32.7 Å². The molecule has 1 heterocycles. The highest BCUT2D eigenvalue weighted by Crippen LogP contribution is 2.27. The topological polar surface area (TPSA) is 67.4 Å². The number of aliphatic imine (C=N–C) groups is 1. The lowest BCUT2D eigenvalue weighted by atomic mass is 9.96. The predicted octanol–water partition coefficient (Wildman–Crippen LogP) is 3.91. The van der Waals surface area contributed by atoms with Crippen molar-refractivity contribution in [2.24, 2.45) is 10.9 Å². The second-order valence-corrected chi connectivity index (χ2v) is 8.06. The van der Waals surface area contributed by atoms with Crippen molar-refractivity contribution < 1.29 is 14.2 Å². The number of methoxy groups -OCH3 is 3. The standard InChI is InChI=1S/C25H36N4O3.HI/c1-26-25(28-17-21-7-10-23(31-3)24(15-21)32-4)27-16-19-11-13-29(14-12-19)18-20-5-8-22(30-2)9-6-20;/h5-10,15,19H,11-14,16-18H2,1-4H3,(H2,26,27,28);1H. The summed E-state index contributed by atoms with van der Waals surface area (Å²) in [5.41, 5.74) is 2.44. The molecule has 0 spiro atoms. The van der Waals surface area contributed by atoms with Gasteiger partial charge in [-0.1, -0.05) is 18.2 Å². The molecule has 1 aliphatic heterocycles. The fourth-order valence-electron chi connectivity index (χ4n) is 3.98. The van der Waals surface area contributed by atoms with Crippen molar-refractivity contribution >= 4 is 29.9 Å². The molecule has 0 atom stereocenters. The second kappa shape index (κ2) is 14.1. The number of rotatable bonds is 9. The summed E-state index contributed by atoms with van der Waals surface area (Å²) in [6, 6.07) is 14.3. The average Bonchev–Trinajstić information content (AvgIpc) is 2.85. The van der Waals surface area contributed by atoms with Crippen LogP contribution in [0.25, 0.3) is 0 Å². The molecule has 1 aliphatic rings. The SMILES string of the molecule is CN=C(NCc1ccc(OC)c(OC)c1)NCC1CCN(Cc2ccc(OC)cc2)CC1.I. The van der Waals surface area contributed by atoms with E-state index in [1.165, 1.54) is 18.4 Å². The third-order valence-corrected chi connectivity index (χ3v) is 5.96. The number of hydrogen-bond acceptors (Lipinski definition) is 5. The van der Waals surface area contributed by atoms with Crippen LogP contribution in [0.4, 0.5) is 0 Å². The predicted molar refractivity (Wildman–Crippen MR) is 144 cm³/mol. The lowest BCUT2D eigenvalue weighted by Crippen LogP contribution is -2.42. The van der Waals surface area contributed by atoms with Crippen molar-refractivity contribution in [2.45, 2.75) is 25.9 Å². The van der Waals surface area contributed by atoms with Gasteiger partial charge >= 0.3 is 0 Å². The number of piperidine rings is 1. The molecule has 3 rings (SSSR count). The third kappa shape index (κ3) is 8.26. The van der Waals surface area contributed by atoms with Crippen LogP contribution in [-0.4, -0.2) is 58.9 Å². The Bertz CT molecular complexity index is 868. The van der Waals surface area contributed by atoms with Crippen molar-refractivity contribution in [3.8, 4) is 17.2 Å². The van der Waals surface area contributed by atoms with Crippen LogP contribution in [0.15, 0.2) is 47.5 Å². The van der Waals surface area contributed by atoms with Gasteiger partial charge in [0.25, 0.3) is 0 Å². The van der Waals surface area contributed by atoms with Gasteiger partial charge in [0.2, 0.25) is 0 Å². The van der Waals surface area contributed by atoms with E-state index in [1.807, 2.05) is 30.3 Å². The van der Waals surface area contributed by atoms with Crippen molar-refractivity contribution in [2.75, 3.05) is 48.0 Å². The Labute approximate surface area is 214 Å². The number of halogens is 1. The minimum Gasteiger partial charge on any atom is -0.497 e. The molecule has 0 radical (unpaired) electrons. The molecule has 1 saturated heterocycles. The normalized spacial score (nSPS) is 14.8. The first kappa shape index (κ1) is 27.0. The zero-order valence-corrected chi connectivity index (χ0v) is 22.4. The molecule has 182 valence electrons. The minimum atomic E-state index is 0. The molecule has 0 amide bonds. The van der Waals surface area contributed by atoms with E-state index in [1.54, 1.807) is 28.4 Å². The number of ether oxygens (including phenoxy) is 3. The maximum atomic E-state index is 5.39. The molecule has 0 aliphatic carbocycles. The van der Waals surface area contributed by atoms with E-state index in [9.17, 15) is 0 Å². The Morgan fingerprint density at radius 3 is 2.18 bits per heavy atom. The molecule has 2 aromatic rings. The van der Waals surface area contributed by atoms with Crippen LogP contribution in [0.5, 0.6) is 17.2 Å². The van der Waals surface area contributed by atoms with Crippen LogP contribution in [0.3, 0.4) is 0 Å². The van der Waals surface area contributed by atoms with Crippen molar-refractivity contribution in [3.05, 3.63) is 53.6 Å². The molecule has 0 bridgehead atoms. The zero-order valence-electron chi connectivity index (χ0n) is 20.1. The van der Waals surface area contributed by atoms with Gasteiger partial charge in [0.05, 0.1) is 21.3 Å². The van der Waals surface area contributed by atoms with Gasteiger partial charge in [0.1, 0.15) is 5.75 Å². The Hall–Kier alpha value is -2.20. The molecule has 0 aromatic heterocycles. The average molecular weight is 569 g/mol. The van der Waals surface area contributed by atoms with E-state index >= 15 is 0 Å². The largest absolute Gasteiger partial charge is 0.497 e. The molecule has 2 aromatic carbocycles. The second-order valence-electron chi connectivity index (χ2n) is 8.06. The highest BCUT2D eigenvalue weighted by molar-refractivity contribution is 14.0. The lowest BCUT2D eigenvalue weighted by Gasteiger charge is -2.32. The molecule has 7 nitrogen and oxygen atoms in total. The smallest absolute Gasteiger partial charge is 0.191 e. The van der Waals surface area contributed by atoms with Gasteiger partial charge in [-0.15, -0.1) is 24.0 Å². The summed E-state index contributed by atoms with van der Waals surface area (Å²) in [6.07, 6.45) is 2.38. The Morgan fingerprint density at radius 1 is 0.909 bits per heavy atom. The van der Waals surface area contributed by atoms with Crippen LogP contribution < -0.4 is 24.8 Å². The quantitative estimate of drug-likeness (QED) is 0.272. The van der Waals surface area contributed by atoms with Gasteiger partial charge < -0.3 is 24.8 Å². The van der Waals surface area contributed by atoms with Gasteiger partial charge in [-0.25, -0.2) is 0 Å². The van der Waals surface area contributed by atoms with E-state index < -0.39 is 0 Å². The molecular weight excluding hydrogens is 531 g/mol. The molecular formula is C25H37IN4O3. The third-order valence-electron chi connectivity index (χ3n) is 5.96. The first-order valence-corrected chi connectivity index (χ1v) is 11.2. The molecule has 0 unspecified atom stereocenters. The molecule has 33 heavy (non-hydrogen) atoms.